The van der Waals surface area contributed by atoms with Crippen molar-refractivity contribution in [2.24, 2.45) is 0 Å². The lowest BCUT2D eigenvalue weighted by molar-refractivity contribution is -0.134. The summed E-state index contributed by atoms with van der Waals surface area (Å²) in [7, 11) is 0. The van der Waals surface area contributed by atoms with Gasteiger partial charge in [-0.25, -0.2) is 4.39 Å². The molecule has 0 aliphatic carbocycles. The third-order valence-corrected chi connectivity index (χ3v) is 3.45. The summed E-state index contributed by atoms with van der Waals surface area (Å²) >= 11 is 3.32. The summed E-state index contributed by atoms with van der Waals surface area (Å²) in [5.41, 5.74) is 0.701. The maximum Gasteiger partial charge on any atom is 0.250 e. The lowest BCUT2D eigenvalue weighted by Crippen LogP contribution is -2.47. The number of benzene rings is 1. The molecule has 1 fully saturated rings. The largest absolute Gasteiger partial charge is 0.366 e. The van der Waals surface area contributed by atoms with Crippen molar-refractivity contribution in [3.63, 3.8) is 0 Å². The molecule has 0 saturated carbocycles. The van der Waals surface area contributed by atoms with Crippen molar-refractivity contribution in [3.05, 3.63) is 34.1 Å². The first-order valence-corrected chi connectivity index (χ1v) is 6.50. The van der Waals surface area contributed by atoms with Crippen LogP contribution in [0.4, 0.5) is 4.39 Å². The lowest BCUT2D eigenvalue weighted by Gasteiger charge is -2.22. The van der Waals surface area contributed by atoms with Crippen molar-refractivity contribution in [2.75, 3.05) is 19.7 Å². The van der Waals surface area contributed by atoms with E-state index in [1.807, 2.05) is 0 Å². The first-order valence-electron chi connectivity index (χ1n) is 5.71. The van der Waals surface area contributed by atoms with Gasteiger partial charge in [-0.15, -0.1) is 0 Å². The summed E-state index contributed by atoms with van der Waals surface area (Å²) in [5.74, 6) is -0.503. The van der Waals surface area contributed by atoms with Crippen LogP contribution in [0.5, 0.6) is 0 Å². The van der Waals surface area contributed by atoms with Gasteiger partial charge in [0.25, 0.3) is 5.91 Å². The average Bonchev–Trinajstić information content (AvgIpc) is 2.40. The van der Waals surface area contributed by atoms with Gasteiger partial charge in [-0.3, -0.25) is 4.79 Å². The average molecular weight is 317 g/mol. The summed E-state index contributed by atoms with van der Waals surface area (Å²) < 4.78 is 19.2. The molecule has 1 saturated heterocycles. The van der Waals surface area contributed by atoms with Crippen LogP contribution in [0, 0.1) is 5.82 Å². The van der Waals surface area contributed by atoms with E-state index in [1.54, 1.807) is 6.07 Å². The van der Waals surface area contributed by atoms with Gasteiger partial charge in [-0.05, 0) is 23.8 Å². The van der Waals surface area contributed by atoms with Crippen molar-refractivity contribution in [1.82, 2.24) is 10.6 Å². The van der Waals surface area contributed by atoms with Crippen LogP contribution in [0.15, 0.2) is 22.7 Å². The van der Waals surface area contributed by atoms with Crippen molar-refractivity contribution in [3.8, 4) is 0 Å². The highest BCUT2D eigenvalue weighted by Gasteiger charge is 2.21. The molecule has 98 valence electrons. The van der Waals surface area contributed by atoms with Crippen LogP contribution in [-0.2, 0) is 16.1 Å². The van der Waals surface area contributed by atoms with E-state index >= 15 is 0 Å². The maximum absolute atomic E-state index is 13.1. The molecule has 6 heteroatoms. The number of halogens is 2. The third-order valence-electron chi connectivity index (χ3n) is 2.68. The van der Waals surface area contributed by atoms with E-state index in [0.29, 0.717) is 18.7 Å². The first kappa shape index (κ1) is 13.5. The number of nitrogens with one attached hydrogen (secondary N) is 2. The predicted octanol–water partition coefficient (Wildman–Crippen LogP) is 1.19. The van der Waals surface area contributed by atoms with E-state index in [9.17, 15) is 9.18 Å². The van der Waals surface area contributed by atoms with Gasteiger partial charge in [-0.2, -0.15) is 0 Å². The number of hydrogen-bond acceptors (Lipinski definition) is 3. The summed E-state index contributed by atoms with van der Waals surface area (Å²) in [6.45, 7) is 2.08. The van der Waals surface area contributed by atoms with Crippen molar-refractivity contribution < 1.29 is 13.9 Å². The van der Waals surface area contributed by atoms with Gasteiger partial charge in [0.15, 0.2) is 0 Å². The van der Waals surface area contributed by atoms with Crippen molar-refractivity contribution >= 4 is 21.8 Å². The maximum atomic E-state index is 13.1. The highest BCUT2D eigenvalue weighted by molar-refractivity contribution is 9.10. The second kappa shape index (κ2) is 6.26. The topological polar surface area (TPSA) is 50.4 Å². The number of morpholine rings is 1. The summed E-state index contributed by atoms with van der Waals surface area (Å²) in [5, 5.41) is 5.82. The Kier molecular flexibility index (Phi) is 4.68. The number of carbonyl (C=O) groups excluding carboxylic acids is 1. The molecule has 1 aliphatic heterocycles. The Labute approximate surface area is 113 Å². The Hall–Kier alpha value is -0.980. The van der Waals surface area contributed by atoms with E-state index in [4.69, 9.17) is 4.74 Å². The quantitative estimate of drug-likeness (QED) is 0.881. The molecule has 2 rings (SSSR count). The lowest BCUT2D eigenvalue weighted by atomic mass is 10.2. The summed E-state index contributed by atoms with van der Waals surface area (Å²) in [4.78, 5) is 11.8. The predicted molar refractivity (Wildman–Crippen MR) is 68.6 cm³/mol. The van der Waals surface area contributed by atoms with Gasteiger partial charge >= 0.3 is 0 Å². The van der Waals surface area contributed by atoms with E-state index in [0.717, 1.165) is 11.0 Å². The number of ether oxygens (including phenoxy) is 1. The van der Waals surface area contributed by atoms with E-state index in [2.05, 4.69) is 26.6 Å². The normalized spacial score (nSPS) is 19.6. The fourth-order valence-electron chi connectivity index (χ4n) is 1.71. The van der Waals surface area contributed by atoms with Crippen molar-refractivity contribution in [2.45, 2.75) is 12.6 Å². The highest BCUT2D eigenvalue weighted by atomic mass is 79.9. The van der Waals surface area contributed by atoms with Crippen LogP contribution in [-0.4, -0.2) is 31.7 Å². The smallest absolute Gasteiger partial charge is 0.250 e. The third kappa shape index (κ3) is 3.51. The van der Waals surface area contributed by atoms with Gasteiger partial charge in [0, 0.05) is 24.1 Å². The van der Waals surface area contributed by atoms with Crippen LogP contribution in [0.1, 0.15) is 5.56 Å². The molecule has 1 aliphatic rings. The van der Waals surface area contributed by atoms with Gasteiger partial charge in [-0.1, -0.05) is 15.9 Å². The summed E-state index contributed by atoms with van der Waals surface area (Å²) in [6, 6.07) is 4.38. The van der Waals surface area contributed by atoms with Gasteiger partial charge < -0.3 is 15.4 Å². The number of amides is 1. The molecule has 0 aromatic heterocycles. The van der Waals surface area contributed by atoms with Crippen molar-refractivity contribution in [1.29, 1.82) is 0 Å². The first-order chi connectivity index (χ1) is 8.66. The Morgan fingerprint density at radius 3 is 3.17 bits per heavy atom. The van der Waals surface area contributed by atoms with Crippen LogP contribution in [0.25, 0.3) is 0 Å². The zero-order chi connectivity index (χ0) is 13.0. The second-order valence-corrected chi connectivity index (χ2v) is 4.87. The fraction of sp³-hybridized carbons (Fsp3) is 0.417. The van der Waals surface area contributed by atoms with E-state index in [-0.39, 0.29) is 18.3 Å². The zero-order valence-electron chi connectivity index (χ0n) is 9.71. The Morgan fingerprint density at radius 2 is 2.44 bits per heavy atom. The molecule has 1 amide bonds. The SMILES string of the molecule is O=C(NCc1cc(F)ccc1Br)C1CNCCO1. The van der Waals surface area contributed by atoms with Gasteiger partial charge in [0.2, 0.25) is 0 Å². The number of carbonyl (C=O) groups is 1. The van der Waals surface area contributed by atoms with E-state index < -0.39 is 6.10 Å². The molecule has 0 spiro atoms. The minimum absolute atomic E-state index is 0.182. The molecule has 0 radical (unpaired) electrons. The molecule has 1 unspecified atom stereocenters. The van der Waals surface area contributed by atoms with Gasteiger partial charge in [0.1, 0.15) is 11.9 Å². The monoisotopic (exact) mass is 316 g/mol. The van der Waals surface area contributed by atoms with Crippen LogP contribution in [0.2, 0.25) is 0 Å². The van der Waals surface area contributed by atoms with E-state index in [1.165, 1.54) is 12.1 Å². The minimum Gasteiger partial charge on any atom is -0.366 e. The van der Waals surface area contributed by atoms with Crippen LogP contribution < -0.4 is 10.6 Å². The Morgan fingerprint density at radius 1 is 1.61 bits per heavy atom. The molecule has 4 nitrogen and oxygen atoms in total. The highest BCUT2D eigenvalue weighted by Crippen LogP contribution is 2.17. The Bertz CT molecular complexity index is 436. The zero-order valence-corrected chi connectivity index (χ0v) is 11.3. The summed E-state index contributed by atoms with van der Waals surface area (Å²) in [6.07, 6.45) is -0.467. The molecule has 1 aromatic rings. The van der Waals surface area contributed by atoms with Crippen LogP contribution in [0.3, 0.4) is 0 Å². The molecule has 1 heterocycles. The Balaban J connectivity index is 1.90. The molecule has 1 atom stereocenters. The minimum atomic E-state index is -0.467. The van der Waals surface area contributed by atoms with Crippen LogP contribution >= 0.6 is 15.9 Å². The molecule has 18 heavy (non-hydrogen) atoms. The molecular weight excluding hydrogens is 303 g/mol. The molecular formula is C12H14BrFN2O2. The number of hydrogen-bond donors (Lipinski definition) is 2. The standard InChI is InChI=1S/C12H14BrFN2O2/c13-10-2-1-9(14)5-8(10)6-16-12(17)11-7-15-3-4-18-11/h1-2,5,11,15H,3-4,6-7H2,(H,16,17). The molecule has 0 bridgehead atoms. The fourth-order valence-corrected chi connectivity index (χ4v) is 2.10. The second-order valence-electron chi connectivity index (χ2n) is 4.02. The number of rotatable bonds is 3. The van der Waals surface area contributed by atoms with Gasteiger partial charge in [0.05, 0.1) is 6.61 Å². The molecule has 2 N–H and O–H groups in total. The molecule has 1 aromatic carbocycles.